The average molecular weight is 361 g/mol. The summed E-state index contributed by atoms with van der Waals surface area (Å²) in [5, 5.41) is 6.10. The van der Waals surface area contributed by atoms with E-state index in [1.807, 2.05) is 75.4 Å². The van der Waals surface area contributed by atoms with Crippen LogP contribution in [0.15, 0.2) is 66.9 Å². The Kier molecular flexibility index (Phi) is 5.71. The van der Waals surface area contributed by atoms with Crippen molar-refractivity contribution < 1.29 is 9.53 Å². The second-order valence-electron chi connectivity index (χ2n) is 6.57. The normalized spacial score (nSPS) is 10.5. The van der Waals surface area contributed by atoms with Gasteiger partial charge in [0.05, 0.1) is 18.0 Å². The third-order valence-corrected chi connectivity index (χ3v) is 3.82. The van der Waals surface area contributed by atoms with E-state index < -0.39 is 0 Å². The van der Waals surface area contributed by atoms with E-state index in [4.69, 9.17) is 4.74 Å². The van der Waals surface area contributed by atoms with E-state index in [9.17, 15) is 4.79 Å². The second-order valence-corrected chi connectivity index (χ2v) is 6.57. The molecule has 3 rings (SSSR count). The zero-order valence-corrected chi connectivity index (χ0v) is 15.7. The monoisotopic (exact) mass is 361 g/mol. The summed E-state index contributed by atoms with van der Waals surface area (Å²) in [5.41, 5.74) is 4.05. The first-order valence-corrected chi connectivity index (χ1v) is 8.87. The van der Waals surface area contributed by atoms with Crippen LogP contribution in [0.2, 0.25) is 0 Å². The number of aryl methyl sites for hydroxylation is 1. The van der Waals surface area contributed by atoms with Crippen LogP contribution in [0.1, 0.15) is 29.9 Å². The summed E-state index contributed by atoms with van der Waals surface area (Å²) < 4.78 is 5.60. The molecule has 0 aliphatic rings. The number of amides is 1. The number of hydrogen-bond donors (Lipinski definition) is 2. The molecule has 3 aromatic rings. The molecule has 0 saturated carbocycles. The lowest BCUT2D eigenvalue weighted by molar-refractivity contribution is 0.102. The average Bonchev–Trinajstić information content (AvgIpc) is 2.65. The zero-order chi connectivity index (χ0) is 19.2. The molecular formula is C22H23N3O2. The fourth-order valence-corrected chi connectivity index (χ4v) is 2.49. The molecule has 2 N–H and O–H groups in total. The van der Waals surface area contributed by atoms with Crippen LogP contribution in [0.4, 0.5) is 17.1 Å². The van der Waals surface area contributed by atoms with Crippen molar-refractivity contribution in [1.82, 2.24) is 4.98 Å². The molecule has 0 aliphatic heterocycles. The third kappa shape index (κ3) is 5.31. The molecule has 0 radical (unpaired) electrons. The van der Waals surface area contributed by atoms with E-state index in [0.717, 1.165) is 17.1 Å². The van der Waals surface area contributed by atoms with Gasteiger partial charge in [-0.1, -0.05) is 17.7 Å². The van der Waals surface area contributed by atoms with Crippen LogP contribution in [0.3, 0.4) is 0 Å². The van der Waals surface area contributed by atoms with Crippen molar-refractivity contribution in [2.75, 3.05) is 10.6 Å². The van der Waals surface area contributed by atoms with Gasteiger partial charge in [0.2, 0.25) is 0 Å². The number of aromatic nitrogens is 1. The summed E-state index contributed by atoms with van der Waals surface area (Å²) in [6, 6.07) is 18.9. The maximum absolute atomic E-state index is 12.4. The lowest BCUT2D eigenvalue weighted by atomic mass is 10.2. The van der Waals surface area contributed by atoms with Gasteiger partial charge in [-0.3, -0.25) is 4.79 Å². The number of carbonyl (C=O) groups is 1. The Balaban J connectivity index is 1.60. The predicted octanol–water partition coefficient (Wildman–Crippen LogP) is 5.17. The van der Waals surface area contributed by atoms with Crippen LogP contribution in [0.5, 0.6) is 5.75 Å². The molecule has 1 aromatic heterocycles. The Labute approximate surface area is 159 Å². The summed E-state index contributed by atoms with van der Waals surface area (Å²) >= 11 is 0. The molecule has 5 heteroatoms. The minimum atomic E-state index is -0.255. The molecule has 2 aromatic carbocycles. The van der Waals surface area contributed by atoms with E-state index in [2.05, 4.69) is 15.6 Å². The maximum Gasteiger partial charge on any atom is 0.274 e. The van der Waals surface area contributed by atoms with Crippen molar-refractivity contribution in [3.8, 4) is 5.75 Å². The van der Waals surface area contributed by atoms with Crippen LogP contribution < -0.4 is 15.4 Å². The van der Waals surface area contributed by atoms with Crippen LogP contribution in [0, 0.1) is 6.92 Å². The molecule has 138 valence electrons. The molecule has 0 saturated heterocycles. The van der Waals surface area contributed by atoms with Gasteiger partial charge in [-0.25, -0.2) is 4.98 Å². The molecule has 5 nitrogen and oxygen atoms in total. The summed E-state index contributed by atoms with van der Waals surface area (Å²) in [4.78, 5) is 16.6. The molecule has 1 heterocycles. The van der Waals surface area contributed by atoms with Crippen molar-refractivity contribution in [2.45, 2.75) is 26.9 Å². The molecule has 0 fully saturated rings. The molecular weight excluding hydrogens is 338 g/mol. The van der Waals surface area contributed by atoms with E-state index in [1.165, 1.54) is 5.56 Å². The molecule has 0 atom stereocenters. The van der Waals surface area contributed by atoms with E-state index in [0.29, 0.717) is 11.4 Å². The zero-order valence-electron chi connectivity index (χ0n) is 15.7. The lowest BCUT2D eigenvalue weighted by Gasteiger charge is -2.11. The summed E-state index contributed by atoms with van der Waals surface area (Å²) in [5.74, 6) is 0.516. The Hall–Kier alpha value is -3.34. The van der Waals surface area contributed by atoms with Gasteiger partial charge in [0.25, 0.3) is 5.91 Å². The Morgan fingerprint density at radius 3 is 2.11 bits per heavy atom. The van der Waals surface area contributed by atoms with Gasteiger partial charge in [0.15, 0.2) is 0 Å². The van der Waals surface area contributed by atoms with Gasteiger partial charge in [-0.2, -0.15) is 0 Å². The quantitative estimate of drug-likeness (QED) is 0.635. The van der Waals surface area contributed by atoms with Crippen molar-refractivity contribution >= 4 is 23.0 Å². The number of hydrogen-bond acceptors (Lipinski definition) is 4. The first-order chi connectivity index (χ1) is 13.0. The van der Waals surface area contributed by atoms with Crippen molar-refractivity contribution in [3.05, 3.63) is 78.1 Å². The molecule has 0 bridgehead atoms. The van der Waals surface area contributed by atoms with Crippen LogP contribution >= 0.6 is 0 Å². The first kappa shape index (κ1) is 18.5. The fourth-order valence-electron chi connectivity index (χ4n) is 2.49. The van der Waals surface area contributed by atoms with E-state index in [-0.39, 0.29) is 12.0 Å². The molecule has 27 heavy (non-hydrogen) atoms. The van der Waals surface area contributed by atoms with Crippen LogP contribution in [-0.4, -0.2) is 17.0 Å². The van der Waals surface area contributed by atoms with Gasteiger partial charge in [-0.15, -0.1) is 0 Å². The molecule has 1 amide bonds. The number of nitrogens with zero attached hydrogens (tertiary/aromatic N) is 1. The van der Waals surface area contributed by atoms with Gasteiger partial charge in [-0.05, 0) is 69.3 Å². The van der Waals surface area contributed by atoms with Gasteiger partial charge in [0.1, 0.15) is 11.4 Å². The standard InChI is InChI=1S/C22H23N3O2/c1-15(2)27-20-11-8-18(9-12-20)25-22(26)21-13-10-19(14-23-21)24-17-6-4-16(3)5-7-17/h4-15,24H,1-3H3,(H,25,26). The Morgan fingerprint density at radius 1 is 0.889 bits per heavy atom. The van der Waals surface area contributed by atoms with E-state index in [1.54, 1.807) is 12.3 Å². The van der Waals surface area contributed by atoms with Crippen LogP contribution in [-0.2, 0) is 0 Å². The minimum absolute atomic E-state index is 0.113. The molecule has 0 spiro atoms. The highest BCUT2D eigenvalue weighted by molar-refractivity contribution is 6.03. The Morgan fingerprint density at radius 2 is 1.52 bits per heavy atom. The topological polar surface area (TPSA) is 63.2 Å². The third-order valence-electron chi connectivity index (χ3n) is 3.82. The molecule has 0 aliphatic carbocycles. The lowest BCUT2D eigenvalue weighted by Crippen LogP contribution is -2.13. The van der Waals surface area contributed by atoms with Crippen molar-refractivity contribution in [1.29, 1.82) is 0 Å². The van der Waals surface area contributed by atoms with Gasteiger partial charge >= 0.3 is 0 Å². The van der Waals surface area contributed by atoms with E-state index >= 15 is 0 Å². The minimum Gasteiger partial charge on any atom is -0.491 e. The highest BCUT2D eigenvalue weighted by atomic mass is 16.5. The number of anilines is 3. The summed E-state index contributed by atoms with van der Waals surface area (Å²) in [6.45, 7) is 5.99. The maximum atomic E-state index is 12.4. The predicted molar refractivity (Wildman–Crippen MR) is 109 cm³/mol. The summed E-state index contributed by atoms with van der Waals surface area (Å²) in [6.07, 6.45) is 1.76. The number of carbonyl (C=O) groups excluding carboxylic acids is 1. The molecule has 0 unspecified atom stereocenters. The number of rotatable bonds is 6. The number of nitrogens with one attached hydrogen (secondary N) is 2. The SMILES string of the molecule is Cc1ccc(Nc2ccc(C(=O)Nc3ccc(OC(C)C)cc3)nc2)cc1. The highest BCUT2D eigenvalue weighted by Crippen LogP contribution is 2.19. The first-order valence-electron chi connectivity index (χ1n) is 8.87. The summed E-state index contributed by atoms with van der Waals surface area (Å²) in [7, 11) is 0. The fraction of sp³-hybridized carbons (Fsp3) is 0.182. The number of benzene rings is 2. The van der Waals surface area contributed by atoms with Crippen molar-refractivity contribution in [3.63, 3.8) is 0 Å². The number of ether oxygens (including phenoxy) is 1. The highest BCUT2D eigenvalue weighted by Gasteiger charge is 2.08. The van der Waals surface area contributed by atoms with Gasteiger partial charge < -0.3 is 15.4 Å². The second kappa shape index (κ2) is 8.36. The van der Waals surface area contributed by atoms with Crippen molar-refractivity contribution in [2.24, 2.45) is 0 Å². The largest absolute Gasteiger partial charge is 0.491 e. The van der Waals surface area contributed by atoms with Gasteiger partial charge in [0, 0.05) is 11.4 Å². The van der Waals surface area contributed by atoms with Crippen LogP contribution in [0.25, 0.3) is 0 Å². The smallest absolute Gasteiger partial charge is 0.274 e. The Bertz CT molecular complexity index is 886. The number of pyridine rings is 1.